The van der Waals surface area contributed by atoms with Crippen LogP contribution in [0.25, 0.3) is 0 Å². The molecule has 0 aromatic heterocycles. The molecule has 14 heavy (non-hydrogen) atoms. The maximum atomic E-state index is 10.6. The highest BCUT2D eigenvalue weighted by Crippen LogP contribution is 2.20. The van der Waals surface area contributed by atoms with Crippen LogP contribution >= 0.6 is 0 Å². The highest BCUT2D eigenvalue weighted by Gasteiger charge is 2.31. The van der Waals surface area contributed by atoms with Crippen LogP contribution in [-0.4, -0.2) is 44.6 Å². The van der Waals surface area contributed by atoms with Gasteiger partial charge in [-0.05, 0) is 12.8 Å². The minimum Gasteiger partial charge on any atom is -0.479 e. The molecule has 1 fully saturated rings. The van der Waals surface area contributed by atoms with E-state index in [0.717, 1.165) is 6.26 Å². The van der Waals surface area contributed by atoms with Gasteiger partial charge >= 0.3 is 5.97 Å². The van der Waals surface area contributed by atoms with Crippen molar-refractivity contribution in [3.8, 4) is 0 Å². The van der Waals surface area contributed by atoms with E-state index in [9.17, 15) is 13.2 Å². The number of carbonyl (C=O) groups is 1. The second-order valence-electron chi connectivity index (χ2n) is 3.15. The fourth-order valence-corrected chi connectivity index (χ4v) is 1.61. The van der Waals surface area contributed by atoms with Crippen molar-refractivity contribution < 1.29 is 27.2 Å². The zero-order chi connectivity index (χ0) is 10.8. The molecule has 6 nitrogen and oxygen atoms in total. The van der Waals surface area contributed by atoms with E-state index in [-0.39, 0.29) is 6.61 Å². The molecule has 1 N–H and O–H groups in total. The first kappa shape index (κ1) is 11.4. The van der Waals surface area contributed by atoms with Crippen LogP contribution in [0.4, 0.5) is 0 Å². The number of carboxylic acid groups (broad SMARTS) is 1. The number of ether oxygens (including phenoxy) is 1. The molecule has 1 rings (SSSR count). The molecule has 1 heterocycles. The first-order valence-electron chi connectivity index (χ1n) is 4.11. The van der Waals surface area contributed by atoms with Crippen molar-refractivity contribution in [3.05, 3.63) is 0 Å². The zero-order valence-electron chi connectivity index (χ0n) is 7.67. The van der Waals surface area contributed by atoms with Gasteiger partial charge in [-0.1, -0.05) is 0 Å². The van der Waals surface area contributed by atoms with Gasteiger partial charge in [0.05, 0.1) is 19.0 Å². The fraction of sp³-hybridized carbons (Fsp3) is 0.857. The van der Waals surface area contributed by atoms with Crippen LogP contribution in [0.3, 0.4) is 0 Å². The van der Waals surface area contributed by atoms with E-state index in [1.807, 2.05) is 0 Å². The molecule has 1 saturated heterocycles. The molecule has 0 unspecified atom stereocenters. The largest absolute Gasteiger partial charge is 0.479 e. The van der Waals surface area contributed by atoms with E-state index >= 15 is 0 Å². The Bertz CT molecular complexity index is 308. The summed E-state index contributed by atoms with van der Waals surface area (Å²) in [6.07, 6.45) is 0.574. The Morgan fingerprint density at radius 1 is 1.57 bits per heavy atom. The third-order valence-corrected chi connectivity index (χ3v) is 2.42. The Morgan fingerprint density at radius 3 is 2.64 bits per heavy atom. The normalized spacial score (nSPS) is 27.8. The minimum atomic E-state index is -3.48. The van der Waals surface area contributed by atoms with Crippen LogP contribution in [-0.2, 0) is 23.8 Å². The second-order valence-corrected chi connectivity index (χ2v) is 4.79. The lowest BCUT2D eigenvalue weighted by molar-refractivity contribution is -0.149. The summed E-state index contributed by atoms with van der Waals surface area (Å²) in [6.45, 7) is -0.109. The average Bonchev–Trinajstić information content (AvgIpc) is 2.47. The van der Waals surface area contributed by atoms with Crippen LogP contribution < -0.4 is 0 Å². The monoisotopic (exact) mass is 224 g/mol. The molecule has 0 aromatic rings. The maximum Gasteiger partial charge on any atom is 0.332 e. The van der Waals surface area contributed by atoms with Crippen LogP contribution in [0.15, 0.2) is 0 Å². The number of hydrogen-bond acceptors (Lipinski definition) is 5. The number of carboxylic acids is 1. The third-order valence-electron chi connectivity index (χ3n) is 1.85. The van der Waals surface area contributed by atoms with Gasteiger partial charge in [-0.3, -0.25) is 4.18 Å². The van der Waals surface area contributed by atoms with E-state index in [1.54, 1.807) is 0 Å². The van der Waals surface area contributed by atoms with Crippen molar-refractivity contribution >= 4 is 16.1 Å². The Kier molecular flexibility index (Phi) is 3.46. The molecule has 0 amide bonds. The predicted molar refractivity (Wildman–Crippen MR) is 46.3 cm³/mol. The first-order chi connectivity index (χ1) is 6.38. The Morgan fingerprint density at radius 2 is 2.21 bits per heavy atom. The first-order valence-corrected chi connectivity index (χ1v) is 5.93. The molecule has 0 spiro atoms. The Balaban J connectivity index is 2.33. The van der Waals surface area contributed by atoms with Crippen molar-refractivity contribution in [3.63, 3.8) is 0 Å². The summed E-state index contributed by atoms with van der Waals surface area (Å²) < 4.78 is 30.7. The van der Waals surface area contributed by atoms with Gasteiger partial charge in [0, 0.05) is 0 Å². The van der Waals surface area contributed by atoms with Gasteiger partial charge in [-0.25, -0.2) is 4.79 Å². The minimum absolute atomic E-state index is 0.109. The SMILES string of the molecule is CS(=O)(=O)OC[C@@H]1CC[C@H](C(=O)O)O1. The summed E-state index contributed by atoms with van der Waals surface area (Å²) >= 11 is 0. The van der Waals surface area contributed by atoms with E-state index in [4.69, 9.17) is 9.84 Å². The number of rotatable bonds is 4. The van der Waals surface area contributed by atoms with Gasteiger partial charge in [0.15, 0.2) is 6.10 Å². The lowest BCUT2D eigenvalue weighted by Crippen LogP contribution is -2.23. The lowest BCUT2D eigenvalue weighted by atomic mass is 10.2. The summed E-state index contributed by atoms with van der Waals surface area (Å²) in [7, 11) is -3.48. The molecule has 1 aliphatic heterocycles. The third kappa shape index (κ3) is 3.60. The predicted octanol–water partition coefficient (Wildman–Crippen LogP) is -0.405. The van der Waals surface area contributed by atoms with Crippen LogP contribution in [0.5, 0.6) is 0 Å². The van der Waals surface area contributed by atoms with E-state index in [1.165, 1.54) is 0 Å². The van der Waals surface area contributed by atoms with Gasteiger partial charge in [0.1, 0.15) is 0 Å². The number of aliphatic carboxylic acids is 1. The van der Waals surface area contributed by atoms with E-state index < -0.39 is 28.3 Å². The maximum absolute atomic E-state index is 10.6. The number of hydrogen-bond donors (Lipinski definition) is 1. The quantitative estimate of drug-likeness (QED) is 0.653. The lowest BCUT2D eigenvalue weighted by Gasteiger charge is -2.09. The summed E-state index contributed by atoms with van der Waals surface area (Å²) in [5.41, 5.74) is 0. The molecule has 1 aliphatic rings. The Labute approximate surface area is 81.9 Å². The standard InChI is InChI=1S/C7H12O6S/c1-14(10,11)12-4-5-2-3-6(13-5)7(8)9/h5-6H,2-4H2,1H3,(H,8,9)/t5-,6+/m0/s1. The summed E-state index contributed by atoms with van der Waals surface area (Å²) in [5.74, 6) is -1.02. The van der Waals surface area contributed by atoms with Crippen molar-refractivity contribution in [1.82, 2.24) is 0 Å². The van der Waals surface area contributed by atoms with Crippen molar-refractivity contribution in [2.75, 3.05) is 12.9 Å². The molecule has 82 valence electrons. The summed E-state index contributed by atoms with van der Waals surface area (Å²) in [6, 6.07) is 0. The van der Waals surface area contributed by atoms with Crippen molar-refractivity contribution in [2.24, 2.45) is 0 Å². The highest BCUT2D eigenvalue weighted by molar-refractivity contribution is 7.85. The molecule has 7 heteroatoms. The highest BCUT2D eigenvalue weighted by atomic mass is 32.2. The second kappa shape index (κ2) is 4.24. The van der Waals surface area contributed by atoms with Gasteiger partial charge < -0.3 is 9.84 Å². The molecular weight excluding hydrogens is 212 g/mol. The van der Waals surface area contributed by atoms with E-state index in [2.05, 4.69) is 4.18 Å². The van der Waals surface area contributed by atoms with Crippen molar-refractivity contribution in [1.29, 1.82) is 0 Å². The van der Waals surface area contributed by atoms with Crippen molar-refractivity contribution in [2.45, 2.75) is 25.0 Å². The van der Waals surface area contributed by atoms with Crippen LogP contribution in [0.2, 0.25) is 0 Å². The molecule has 0 bridgehead atoms. The van der Waals surface area contributed by atoms with Gasteiger partial charge in [-0.2, -0.15) is 8.42 Å². The van der Waals surface area contributed by atoms with Crippen LogP contribution in [0.1, 0.15) is 12.8 Å². The summed E-state index contributed by atoms with van der Waals surface area (Å²) in [4.78, 5) is 10.5. The molecule has 0 radical (unpaired) electrons. The summed E-state index contributed by atoms with van der Waals surface area (Å²) in [5, 5.41) is 8.58. The average molecular weight is 224 g/mol. The smallest absolute Gasteiger partial charge is 0.332 e. The van der Waals surface area contributed by atoms with Crippen LogP contribution in [0, 0.1) is 0 Å². The van der Waals surface area contributed by atoms with Gasteiger partial charge in [0.25, 0.3) is 10.1 Å². The van der Waals surface area contributed by atoms with Gasteiger partial charge in [0.2, 0.25) is 0 Å². The Hall–Kier alpha value is -0.660. The molecule has 0 aliphatic carbocycles. The van der Waals surface area contributed by atoms with Gasteiger partial charge in [-0.15, -0.1) is 0 Å². The molecule has 0 aromatic carbocycles. The molecule has 2 atom stereocenters. The van der Waals surface area contributed by atoms with E-state index in [0.29, 0.717) is 12.8 Å². The zero-order valence-corrected chi connectivity index (χ0v) is 8.49. The fourth-order valence-electron chi connectivity index (χ4n) is 1.21. The molecular formula is C7H12O6S. The molecule has 0 saturated carbocycles. The topological polar surface area (TPSA) is 89.9 Å².